The lowest BCUT2D eigenvalue weighted by Crippen LogP contribution is -2.15. The molecule has 1 aliphatic carbocycles. The van der Waals surface area contributed by atoms with Gasteiger partial charge in [-0.3, -0.25) is 19.7 Å². The molecule has 0 saturated heterocycles. The summed E-state index contributed by atoms with van der Waals surface area (Å²) in [5, 5.41) is 11.4. The van der Waals surface area contributed by atoms with Gasteiger partial charge in [0, 0.05) is 16.1 Å². The maximum absolute atomic E-state index is 13.1. The van der Waals surface area contributed by atoms with Crippen molar-refractivity contribution in [2.24, 2.45) is 0 Å². The van der Waals surface area contributed by atoms with E-state index in [1.54, 1.807) is 24.3 Å². The van der Waals surface area contributed by atoms with Gasteiger partial charge < -0.3 is 0 Å². The quantitative estimate of drug-likeness (QED) is 0.255. The van der Waals surface area contributed by atoms with Crippen molar-refractivity contribution in [3.05, 3.63) is 123 Å². The third-order valence-electron chi connectivity index (χ3n) is 5.39. The normalized spacial score (nSPS) is 13.8. The van der Waals surface area contributed by atoms with Crippen LogP contribution in [0, 0.1) is 10.1 Å². The first-order valence-corrected chi connectivity index (χ1v) is 9.70. The Labute approximate surface area is 173 Å². The zero-order valence-corrected chi connectivity index (χ0v) is 16.2. The van der Waals surface area contributed by atoms with Gasteiger partial charge in [-0.15, -0.1) is 0 Å². The maximum atomic E-state index is 13.1. The van der Waals surface area contributed by atoms with Crippen LogP contribution in [0.5, 0.6) is 0 Å². The number of benzene rings is 3. The average Bonchev–Trinajstić information content (AvgIpc) is 3.03. The second-order valence-corrected chi connectivity index (χ2v) is 7.25. The molecule has 3 aromatic carbocycles. The van der Waals surface area contributed by atoms with Gasteiger partial charge >= 0.3 is 0 Å². The van der Waals surface area contributed by atoms with Gasteiger partial charge in [0.05, 0.1) is 11.5 Å². The molecule has 0 spiro atoms. The van der Waals surface area contributed by atoms with Crippen molar-refractivity contribution in [1.82, 2.24) is 0 Å². The lowest BCUT2D eigenvalue weighted by Gasteiger charge is -2.18. The number of rotatable bonds is 6. The summed E-state index contributed by atoms with van der Waals surface area (Å²) in [7, 11) is 0. The number of nitro groups is 1. The average molecular weight is 397 g/mol. The Morgan fingerprint density at radius 2 is 1.27 bits per heavy atom. The van der Waals surface area contributed by atoms with Gasteiger partial charge in [-0.25, -0.2) is 0 Å². The van der Waals surface area contributed by atoms with Crippen LogP contribution < -0.4 is 0 Å². The van der Waals surface area contributed by atoms with Crippen molar-refractivity contribution < 1.29 is 14.5 Å². The lowest BCUT2D eigenvalue weighted by molar-refractivity contribution is -0.483. The number of carbonyl (C=O) groups excluding carboxylic acids is 2. The second kappa shape index (κ2) is 8.25. The molecule has 0 heterocycles. The fraction of sp³-hybridized carbons (Fsp3) is 0.120. The van der Waals surface area contributed by atoms with Crippen molar-refractivity contribution in [2.45, 2.75) is 12.3 Å². The highest BCUT2D eigenvalue weighted by Gasteiger charge is 2.36. The molecule has 5 nitrogen and oxygen atoms in total. The molecule has 0 fully saturated rings. The Bertz CT molecular complexity index is 1110. The summed E-state index contributed by atoms with van der Waals surface area (Å²) in [5.41, 5.74) is 2.97. The van der Waals surface area contributed by atoms with E-state index < -0.39 is 5.92 Å². The van der Waals surface area contributed by atoms with E-state index in [4.69, 9.17) is 0 Å². The third-order valence-corrected chi connectivity index (χ3v) is 5.39. The molecule has 0 unspecified atom stereocenters. The molecule has 5 heteroatoms. The second-order valence-electron chi connectivity index (χ2n) is 7.25. The van der Waals surface area contributed by atoms with Crippen molar-refractivity contribution in [1.29, 1.82) is 0 Å². The maximum Gasteiger partial charge on any atom is 0.210 e. The molecule has 0 aromatic heterocycles. The summed E-state index contributed by atoms with van der Waals surface area (Å²) in [6.45, 7) is -0.289. The Morgan fingerprint density at radius 1 is 0.767 bits per heavy atom. The molecule has 4 rings (SSSR count). The van der Waals surface area contributed by atoms with Crippen LogP contribution in [0.1, 0.15) is 44.2 Å². The fourth-order valence-electron chi connectivity index (χ4n) is 3.97. The predicted molar refractivity (Wildman–Crippen MR) is 114 cm³/mol. The van der Waals surface area contributed by atoms with Crippen LogP contribution in [0.2, 0.25) is 0 Å². The first-order valence-electron chi connectivity index (χ1n) is 9.70. The van der Waals surface area contributed by atoms with E-state index in [-0.39, 0.29) is 35.0 Å². The Balaban J connectivity index is 1.86. The molecule has 0 saturated carbocycles. The number of hydrogen-bond donors (Lipinski definition) is 0. The summed E-state index contributed by atoms with van der Waals surface area (Å²) in [6.07, 6.45) is 0.218. The molecule has 0 aliphatic heterocycles. The zero-order valence-electron chi connectivity index (χ0n) is 16.2. The van der Waals surface area contributed by atoms with E-state index in [1.165, 1.54) is 0 Å². The molecule has 30 heavy (non-hydrogen) atoms. The van der Waals surface area contributed by atoms with Crippen LogP contribution in [-0.4, -0.2) is 23.0 Å². The monoisotopic (exact) mass is 397 g/mol. The molecule has 148 valence electrons. The number of Topliss-reactive ketones (excluding diaryl/α,β-unsaturated/α-hetero) is 2. The van der Waals surface area contributed by atoms with E-state index in [1.807, 2.05) is 60.7 Å². The molecular formula is C25H19NO4. The van der Waals surface area contributed by atoms with Crippen molar-refractivity contribution in [3.63, 3.8) is 0 Å². The van der Waals surface area contributed by atoms with E-state index in [9.17, 15) is 19.7 Å². The highest BCUT2D eigenvalue weighted by molar-refractivity contribution is 6.42. The summed E-state index contributed by atoms with van der Waals surface area (Å²) in [4.78, 5) is 37.3. The first-order chi connectivity index (χ1) is 14.6. The first kappa shape index (κ1) is 19.5. The van der Waals surface area contributed by atoms with Gasteiger partial charge in [-0.2, -0.15) is 0 Å². The standard InChI is InChI=1S/C25H19NO4/c27-24-20-13-7-8-14-21(20)25(28)23(24)22(18-11-5-2-6-12-18)15-19(16-26(29)30)17-9-3-1-4-10-17/h1-14,19H,15-16H2/t19-/m1/s1. The van der Waals surface area contributed by atoms with Crippen LogP contribution in [-0.2, 0) is 0 Å². The number of nitrogens with zero attached hydrogens (tertiary/aromatic N) is 1. The topological polar surface area (TPSA) is 77.3 Å². The van der Waals surface area contributed by atoms with Crippen LogP contribution in [0.15, 0.2) is 90.5 Å². The Kier molecular flexibility index (Phi) is 5.35. The van der Waals surface area contributed by atoms with Crippen LogP contribution >= 0.6 is 0 Å². The highest BCUT2D eigenvalue weighted by Crippen LogP contribution is 2.37. The summed E-state index contributed by atoms with van der Waals surface area (Å²) >= 11 is 0. The van der Waals surface area contributed by atoms with E-state index in [0.717, 1.165) is 11.1 Å². The summed E-state index contributed by atoms with van der Waals surface area (Å²) in [5.74, 6) is -1.10. The van der Waals surface area contributed by atoms with Gasteiger partial charge in [-0.05, 0) is 23.1 Å². The minimum Gasteiger partial charge on any atom is -0.288 e. The van der Waals surface area contributed by atoms with Crippen molar-refractivity contribution in [2.75, 3.05) is 6.54 Å². The number of carbonyl (C=O) groups is 2. The number of fused-ring (bicyclic) bond motifs is 1. The summed E-state index contributed by atoms with van der Waals surface area (Å²) < 4.78 is 0. The fourth-order valence-corrected chi connectivity index (χ4v) is 3.97. The number of allylic oxidation sites excluding steroid dienone is 2. The Morgan fingerprint density at radius 3 is 1.80 bits per heavy atom. The van der Waals surface area contributed by atoms with Gasteiger partial charge in [0.15, 0.2) is 11.6 Å². The molecule has 0 radical (unpaired) electrons. The van der Waals surface area contributed by atoms with Crippen LogP contribution in [0.3, 0.4) is 0 Å². The van der Waals surface area contributed by atoms with Gasteiger partial charge in [0.2, 0.25) is 6.54 Å². The van der Waals surface area contributed by atoms with Crippen molar-refractivity contribution >= 4 is 17.1 Å². The van der Waals surface area contributed by atoms with E-state index in [2.05, 4.69) is 0 Å². The minimum atomic E-state index is -0.465. The third kappa shape index (κ3) is 3.70. The van der Waals surface area contributed by atoms with Crippen LogP contribution in [0.4, 0.5) is 0 Å². The number of ketones is 2. The van der Waals surface area contributed by atoms with Crippen molar-refractivity contribution in [3.8, 4) is 0 Å². The van der Waals surface area contributed by atoms with Gasteiger partial charge in [-0.1, -0.05) is 84.9 Å². The zero-order chi connectivity index (χ0) is 21.1. The summed E-state index contributed by atoms with van der Waals surface area (Å²) in [6, 6.07) is 25.1. The van der Waals surface area contributed by atoms with Gasteiger partial charge in [0.1, 0.15) is 0 Å². The molecule has 0 bridgehead atoms. The highest BCUT2D eigenvalue weighted by atomic mass is 16.6. The van der Waals surface area contributed by atoms with Crippen LogP contribution in [0.25, 0.3) is 5.57 Å². The largest absolute Gasteiger partial charge is 0.288 e. The molecule has 0 amide bonds. The van der Waals surface area contributed by atoms with Gasteiger partial charge in [0.25, 0.3) is 0 Å². The Hall–Kier alpha value is -3.86. The lowest BCUT2D eigenvalue weighted by atomic mass is 9.85. The SMILES string of the molecule is O=C1C(=C(C[C@H](C[N+](=O)[O-])c2ccccc2)c2ccccc2)C(=O)c2ccccc21. The molecule has 3 aromatic rings. The minimum absolute atomic E-state index is 0.117. The molecule has 0 N–H and O–H groups in total. The van der Waals surface area contributed by atoms with E-state index in [0.29, 0.717) is 16.7 Å². The smallest absolute Gasteiger partial charge is 0.210 e. The van der Waals surface area contributed by atoms with E-state index >= 15 is 0 Å². The predicted octanol–water partition coefficient (Wildman–Crippen LogP) is 4.97. The number of hydrogen-bond acceptors (Lipinski definition) is 4. The molecular weight excluding hydrogens is 378 g/mol. The molecule has 1 aliphatic rings. The molecule has 1 atom stereocenters.